The Bertz CT molecular complexity index is 297. The molecule has 0 bridgehead atoms. The Morgan fingerprint density at radius 3 is 2.25 bits per heavy atom. The molecule has 1 aliphatic rings. The molecule has 0 spiro atoms. The molecule has 0 aromatic rings. The van der Waals surface area contributed by atoms with Crippen molar-refractivity contribution in [1.82, 2.24) is 10.6 Å². The van der Waals surface area contributed by atoms with Crippen LogP contribution < -0.4 is 10.6 Å². The molecule has 1 aliphatic carbocycles. The molecule has 0 unspecified atom stereocenters. The van der Waals surface area contributed by atoms with Gasteiger partial charge in [-0.15, -0.1) is 0 Å². The Balaban J connectivity index is 2.08. The lowest BCUT2D eigenvalue weighted by molar-refractivity contribution is -0.126. The van der Waals surface area contributed by atoms with Crippen molar-refractivity contribution in [3.8, 4) is 0 Å². The zero-order chi connectivity index (χ0) is 14.8. The Morgan fingerprint density at radius 2 is 1.65 bits per heavy atom. The molecular weight excluding hydrogens is 252 g/mol. The summed E-state index contributed by atoms with van der Waals surface area (Å²) in [6, 6.07) is 0. The van der Waals surface area contributed by atoms with Crippen molar-refractivity contribution >= 4 is 11.8 Å². The van der Waals surface area contributed by atoms with Crippen LogP contribution in [0.4, 0.5) is 0 Å². The summed E-state index contributed by atoms with van der Waals surface area (Å²) in [5.41, 5.74) is 0. The highest BCUT2D eigenvalue weighted by atomic mass is 16.2. The maximum atomic E-state index is 12.0. The summed E-state index contributed by atoms with van der Waals surface area (Å²) in [7, 11) is 0. The zero-order valence-electron chi connectivity index (χ0n) is 13.0. The lowest BCUT2D eigenvalue weighted by Gasteiger charge is -2.27. The third kappa shape index (κ3) is 6.92. The summed E-state index contributed by atoms with van der Waals surface area (Å²) in [5, 5.41) is 5.73. The molecule has 20 heavy (non-hydrogen) atoms. The van der Waals surface area contributed by atoms with Gasteiger partial charge in [-0.3, -0.25) is 9.59 Å². The van der Waals surface area contributed by atoms with Gasteiger partial charge < -0.3 is 10.6 Å². The van der Waals surface area contributed by atoms with Crippen molar-refractivity contribution in [2.75, 3.05) is 13.1 Å². The van der Waals surface area contributed by atoms with Crippen molar-refractivity contribution < 1.29 is 9.59 Å². The van der Waals surface area contributed by atoms with E-state index < -0.39 is 0 Å². The molecule has 0 aromatic carbocycles. The van der Waals surface area contributed by atoms with Crippen LogP contribution in [-0.4, -0.2) is 24.9 Å². The van der Waals surface area contributed by atoms with E-state index in [4.69, 9.17) is 0 Å². The summed E-state index contributed by atoms with van der Waals surface area (Å²) < 4.78 is 0. The number of amides is 2. The van der Waals surface area contributed by atoms with E-state index in [1.165, 1.54) is 39.0 Å². The van der Waals surface area contributed by atoms with E-state index in [1.54, 1.807) is 0 Å². The molecule has 1 saturated carbocycles. The Kier molecular flexibility index (Phi) is 8.31. The molecule has 2 amide bonds. The van der Waals surface area contributed by atoms with Gasteiger partial charge in [-0.05, 0) is 38.0 Å². The van der Waals surface area contributed by atoms with Gasteiger partial charge in [0.25, 0.3) is 0 Å². The summed E-state index contributed by atoms with van der Waals surface area (Å²) >= 11 is 0. The van der Waals surface area contributed by atoms with Crippen LogP contribution in [0.25, 0.3) is 0 Å². The first-order valence-corrected chi connectivity index (χ1v) is 8.15. The molecule has 1 fully saturated rings. The normalized spacial score (nSPS) is 22.3. The number of hydrogen-bond acceptors (Lipinski definition) is 2. The minimum atomic E-state index is -0.0123. The Morgan fingerprint density at radius 1 is 1.00 bits per heavy atom. The quantitative estimate of drug-likeness (QED) is 0.672. The number of carbonyl (C=O) groups excluding carboxylic acids is 2. The van der Waals surface area contributed by atoms with Crippen LogP contribution in [0.1, 0.15) is 65.2 Å². The zero-order valence-corrected chi connectivity index (χ0v) is 13.0. The summed E-state index contributed by atoms with van der Waals surface area (Å²) in [6.07, 6.45) is 9.25. The molecule has 2 N–H and O–H groups in total. The highest BCUT2D eigenvalue weighted by Gasteiger charge is 2.25. The van der Waals surface area contributed by atoms with Crippen LogP contribution in [0.5, 0.6) is 0 Å². The van der Waals surface area contributed by atoms with E-state index in [1.807, 2.05) is 0 Å². The first-order valence-electron chi connectivity index (χ1n) is 8.15. The number of carbonyl (C=O) groups is 2. The lowest BCUT2D eigenvalue weighted by Crippen LogP contribution is -2.35. The molecular formula is C16H30N2O2. The molecule has 0 aliphatic heterocycles. The van der Waals surface area contributed by atoms with Gasteiger partial charge in [-0.2, -0.15) is 0 Å². The summed E-state index contributed by atoms with van der Waals surface area (Å²) in [5.74, 6) is 1.26. The summed E-state index contributed by atoms with van der Waals surface area (Å²) in [4.78, 5) is 22.7. The van der Waals surface area contributed by atoms with E-state index in [9.17, 15) is 9.59 Å². The van der Waals surface area contributed by atoms with Gasteiger partial charge in [0.1, 0.15) is 0 Å². The minimum absolute atomic E-state index is 0.0123. The molecule has 0 atom stereocenters. The molecule has 0 aromatic heterocycles. The van der Waals surface area contributed by atoms with Crippen molar-refractivity contribution in [2.45, 2.75) is 65.2 Å². The van der Waals surface area contributed by atoms with E-state index >= 15 is 0 Å². The highest BCUT2D eigenvalue weighted by molar-refractivity contribution is 5.78. The highest BCUT2D eigenvalue weighted by Crippen LogP contribution is 2.31. The van der Waals surface area contributed by atoms with Gasteiger partial charge in [0.05, 0.1) is 0 Å². The second-order valence-electron chi connectivity index (χ2n) is 5.99. The number of nitrogens with one attached hydrogen (secondary N) is 2. The Hall–Kier alpha value is -1.06. The SMILES string of the molecule is CCCCC1CCC(C(=O)NCCCNC(C)=O)CC1. The van der Waals surface area contributed by atoms with Gasteiger partial charge >= 0.3 is 0 Å². The first kappa shape index (κ1) is 17.0. The van der Waals surface area contributed by atoms with Gasteiger partial charge in [0.2, 0.25) is 11.8 Å². The fourth-order valence-electron chi connectivity index (χ4n) is 2.91. The van der Waals surface area contributed by atoms with E-state index in [2.05, 4.69) is 17.6 Å². The summed E-state index contributed by atoms with van der Waals surface area (Å²) in [6.45, 7) is 5.05. The molecule has 0 saturated heterocycles. The second kappa shape index (κ2) is 9.78. The van der Waals surface area contributed by atoms with Crippen LogP contribution in [0.3, 0.4) is 0 Å². The van der Waals surface area contributed by atoms with Crippen LogP contribution in [0, 0.1) is 11.8 Å². The predicted molar refractivity (Wildman–Crippen MR) is 81.3 cm³/mol. The first-order chi connectivity index (χ1) is 9.63. The maximum absolute atomic E-state index is 12.0. The monoisotopic (exact) mass is 282 g/mol. The van der Waals surface area contributed by atoms with Crippen LogP contribution >= 0.6 is 0 Å². The molecule has 0 heterocycles. The van der Waals surface area contributed by atoms with Gasteiger partial charge in [0.15, 0.2) is 0 Å². The van der Waals surface area contributed by atoms with Crippen LogP contribution in [-0.2, 0) is 9.59 Å². The van der Waals surface area contributed by atoms with E-state index in [0.29, 0.717) is 13.1 Å². The molecule has 1 rings (SSSR count). The minimum Gasteiger partial charge on any atom is -0.356 e. The van der Waals surface area contributed by atoms with Gasteiger partial charge in [-0.25, -0.2) is 0 Å². The third-order valence-electron chi connectivity index (χ3n) is 4.21. The lowest BCUT2D eigenvalue weighted by atomic mass is 9.79. The molecule has 4 nitrogen and oxygen atoms in total. The molecule has 4 heteroatoms. The standard InChI is InChI=1S/C16H30N2O2/c1-3-4-6-14-7-9-15(10-8-14)16(20)18-12-5-11-17-13(2)19/h14-15H,3-12H2,1-2H3,(H,17,19)(H,18,20). The molecule has 116 valence electrons. The average Bonchev–Trinajstić information content (AvgIpc) is 2.44. The largest absolute Gasteiger partial charge is 0.356 e. The van der Waals surface area contributed by atoms with Gasteiger partial charge in [0, 0.05) is 25.9 Å². The van der Waals surface area contributed by atoms with Crippen molar-refractivity contribution in [1.29, 1.82) is 0 Å². The van der Waals surface area contributed by atoms with E-state index in [-0.39, 0.29) is 17.7 Å². The Labute approximate surface area is 123 Å². The average molecular weight is 282 g/mol. The fraction of sp³-hybridized carbons (Fsp3) is 0.875. The second-order valence-corrected chi connectivity index (χ2v) is 5.99. The van der Waals surface area contributed by atoms with Crippen molar-refractivity contribution in [2.24, 2.45) is 11.8 Å². The molecule has 0 radical (unpaired) electrons. The van der Waals surface area contributed by atoms with Crippen molar-refractivity contribution in [3.05, 3.63) is 0 Å². The van der Waals surface area contributed by atoms with Crippen LogP contribution in [0.2, 0.25) is 0 Å². The maximum Gasteiger partial charge on any atom is 0.223 e. The number of unbranched alkanes of at least 4 members (excludes halogenated alkanes) is 1. The smallest absolute Gasteiger partial charge is 0.223 e. The van der Waals surface area contributed by atoms with Crippen molar-refractivity contribution in [3.63, 3.8) is 0 Å². The topological polar surface area (TPSA) is 58.2 Å². The van der Waals surface area contributed by atoms with Crippen LogP contribution in [0.15, 0.2) is 0 Å². The van der Waals surface area contributed by atoms with Gasteiger partial charge in [-0.1, -0.05) is 26.2 Å². The number of hydrogen-bond donors (Lipinski definition) is 2. The van der Waals surface area contributed by atoms with E-state index in [0.717, 1.165) is 25.2 Å². The predicted octanol–water partition coefficient (Wildman–Crippen LogP) is 2.63. The number of rotatable bonds is 8. The fourth-order valence-corrected chi connectivity index (χ4v) is 2.91. The third-order valence-corrected chi connectivity index (χ3v) is 4.21.